The molecule has 42 heavy (non-hydrogen) atoms. The number of carbonyl (C=O) groups excluding carboxylic acids is 1. The zero-order chi connectivity index (χ0) is 30.5. The predicted octanol–water partition coefficient (Wildman–Crippen LogP) is 6.67. The van der Waals surface area contributed by atoms with Gasteiger partial charge >= 0.3 is 5.97 Å². The molecule has 0 unspecified atom stereocenters. The number of ether oxygens (including phenoxy) is 2. The number of carbonyl (C=O) groups is 1. The number of esters is 1. The highest BCUT2D eigenvalue weighted by molar-refractivity contribution is 9.10. The molecule has 0 amide bonds. The summed E-state index contributed by atoms with van der Waals surface area (Å²) < 4.78 is 16.2. The van der Waals surface area contributed by atoms with E-state index in [-0.39, 0.29) is 17.2 Å². The van der Waals surface area contributed by atoms with E-state index < -0.39 is 12.0 Å². The largest absolute Gasteiger partial charge is 0.496 e. The number of halogens is 3. The summed E-state index contributed by atoms with van der Waals surface area (Å²) in [5, 5.41) is 0.939. The van der Waals surface area contributed by atoms with Crippen molar-refractivity contribution in [3.05, 3.63) is 110 Å². The van der Waals surface area contributed by atoms with Crippen molar-refractivity contribution >= 4 is 62.5 Å². The van der Waals surface area contributed by atoms with Crippen LogP contribution < -0.4 is 19.6 Å². The average Bonchev–Trinajstić information content (AvgIpc) is 3.38. The Kier molecular flexibility index (Phi) is 8.58. The number of nitrogens with zero attached hydrogens (tertiary/aromatic N) is 3. The second-order valence-electron chi connectivity index (χ2n) is 10.2. The normalized spacial score (nSPS) is 15.2. The Labute approximate surface area is 265 Å². The van der Waals surface area contributed by atoms with Gasteiger partial charge in [0.1, 0.15) is 11.8 Å². The molecule has 0 N–H and O–H groups in total. The molecular weight excluding hydrogens is 661 g/mol. The van der Waals surface area contributed by atoms with Gasteiger partial charge in [0, 0.05) is 27.1 Å². The average molecular weight is 689 g/mol. The van der Waals surface area contributed by atoms with E-state index in [0.29, 0.717) is 36.4 Å². The van der Waals surface area contributed by atoms with Gasteiger partial charge in [0.2, 0.25) is 0 Å². The van der Waals surface area contributed by atoms with Crippen LogP contribution in [-0.2, 0) is 9.53 Å². The smallest absolute Gasteiger partial charge is 0.338 e. The molecule has 7 nitrogen and oxygen atoms in total. The summed E-state index contributed by atoms with van der Waals surface area (Å²) in [6, 6.07) is 12.2. The van der Waals surface area contributed by atoms with Gasteiger partial charge in [-0.05, 0) is 88.7 Å². The number of thiazole rings is 1. The number of hydrogen-bond donors (Lipinski definition) is 0. The highest BCUT2D eigenvalue weighted by atomic mass is 79.9. The molecule has 5 rings (SSSR count). The van der Waals surface area contributed by atoms with Gasteiger partial charge in [-0.3, -0.25) is 9.36 Å². The molecule has 0 saturated carbocycles. The highest BCUT2D eigenvalue weighted by Crippen LogP contribution is 2.37. The van der Waals surface area contributed by atoms with Crippen LogP contribution in [0, 0.1) is 13.8 Å². The third-order valence-corrected chi connectivity index (χ3v) is 9.20. The van der Waals surface area contributed by atoms with Crippen molar-refractivity contribution in [2.75, 3.05) is 7.11 Å². The lowest BCUT2D eigenvalue weighted by Gasteiger charge is -2.26. The summed E-state index contributed by atoms with van der Waals surface area (Å²) in [5.41, 5.74) is 4.78. The van der Waals surface area contributed by atoms with Crippen molar-refractivity contribution in [2.24, 2.45) is 4.99 Å². The van der Waals surface area contributed by atoms with Gasteiger partial charge in [0.05, 0.1) is 39.1 Å². The molecule has 2 aromatic carbocycles. The van der Waals surface area contributed by atoms with Crippen LogP contribution in [0.1, 0.15) is 49.3 Å². The van der Waals surface area contributed by atoms with Crippen molar-refractivity contribution in [1.29, 1.82) is 0 Å². The maximum absolute atomic E-state index is 14.2. The summed E-state index contributed by atoms with van der Waals surface area (Å²) >= 11 is 17.2. The van der Waals surface area contributed by atoms with E-state index in [0.717, 1.165) is 27.1 Å². The summed E-state index contributed by atoms with van der Waals surface area (Å²) in [5.74, 6) is 0.00484. The van der Waals surface area contributed by atoms with Gasteiger partial charge in [-0.2, -0.15) is 0 Å². The quantitative estimate of drug-likeness (QED) is 0.212. The van der Waals surface area contributed by atoms with Gasteiger partial charge in [0.25, 0.3) is 5.56 Å². The number of aromatic nitrogens is 2. The first kappa shape index (κ1) is 30.4. The van der Waals surface area contributed by atoms with Gasteiger partial charge in [0.15, 0.2) is 4.80 Å². The summed E-state index contributed by atoms with van der Waals surface area (Å²) in [6.45, 7) is 9.30. The molecule has 2 aromatic heterocycles. The van der Waals surface area contributed by atoms with Crippen LogP contribution >= 0.6 is 50.5 Å². The van der Waals surface area contributed by atoms with E-state index in [1.165, 1.54) is 11.3 Å². The first-order valence-electron chi connectivity index (χ1n) is 13.1. The van der Waals surface area contributed by atoms with E-state index in [1.54, 1.807) is 44.6 Å². The molecule has 218 valence electrons. The predicted molar refractivity (Wildman–Crippen MR) is 171 cm³/mol. The van der Waals surface area contributed by atoms with Crippen LogP contribution in [-0.4, -0.2) is 28.3 Å². The molecule has 0 radical (unpaired) electrons. The zero-order valence-corrected chi connectivity index (χ0v) is 27.7. The molecule has 0 spiro atoms. The lowest BCUT2D eigenvalue weighted by Crippen LogP contribution is -2.40. The fraction of sp³-hybridized carbons (Fsp3) is 0.258. The topological polar surface area (TPSA) is 74.8 Å². The minimum Gasteiger partial charge on any atom is -0.496 e. The maximum Gasteiger partial charge on any atom is 0.338 e. The lowest BCUT2D eigenvalue weighted by atomic mass is 9.95. The minimum absolute atomic E-state index is 0.271. The molecule has 0 saturated heterocycles. The first-order valence-corrected chi connectivity index (χ1v) is 15.5. The van der Waals surface area contributed by atoms with Crippen LogP contribution in [0.15, 0.2) is 68.0 Å². The zero-order valence-electron chi connectivity index (χ0n) is 23.8. The van der Waals surface area contributed by atoms with Crippen molar-refractivity contribution in [2.45, 2.75) is 46.8 Å². The van der Waals surface area contributed by atoms with Crippen molar-refractivity contribution in [3.8, 4) is 11.4 Å². The first-order chi connectivity index (χ1) is 19.9. The molecule has 3 heterocycles. The Morgan fingerprint density at radius 3 is 2.50 bits per heavy atom. The number of allylic oxidation sites excluding steroid dienone is 1. The van der Waals surface area contributed by atoms with Crippen molar-refractivity contribution in [1.82, 2.24) is 9.13 Å². The molecule has 4 aromatic rings. The van der Waals surface area contributed by atoms with Crippen LogP contribution in [0.5, 0.6) is 5.75 Å². The van der Waals surface area contributed by atoms with Crippen LogP contribution in [0.25, 0.3) is 11.8 Å². The molecule has 0 aliphatic carbocycles. The molecule has 1 aliphatic heterocycles. The Bertz CT molecular complexity index is 1960. The number of hydrogen-bond acceptors (Lipinski definition) is 6. The standard InChI is InChI=1S/C31H28BrCl2N3O4S/c1-15(2)41-30(39)27-17(4)35-31-37(28(27)22-13-20(32)7-10-25(22)40-6)29(38)26(42-31)12-19-11-16(3)36(18(19)5)21-8-9-23(33)24(34)14-21/h7-15,28H,1-6H3/b26-12-/t28-/m0/s1. The van der Waals surface area contributed by atoms with E-state index in [1.807, 2.05) is 50.3 Å². The fourth-order valence-electron chi connectivity index (χ4n) is 5.17. The molecule has 1 aliphatic rings. The second-order valence-corrected chi connectivity index (χ2v) is 12.9. The van der Waals surface area contributed by atoms with E-state index in [9.17, 15) is 9.59 Å². The molecule has 11 heteroatoms. The number of benzene rings is 2. The third-order valence-electron chi connectivity index (χ3n) is 6.99. The van der Waals surface area contributed by atoms with Crippen LogP contribution in [0.4, 0.5) is 0 Å². The van der Waals surface area contributed by atoms with Gasteiger partial charge in [-0.1, -0.05) is 50.5 Å². The number of fused-ring (bicyclic) bond motifs is 1. The van der Waals surface area contributed by atoms with Gasteiger partial charge in [-0.25, -0.2) is 9.79 Å². The van der Waals surface area contributed by atoms with E-state index in [2.05, 4.69) is 20.5 Å². The molecule has 0 fully saturated rings. The molecule has 0 bridgehead atoms. The number of aryl methyl sites for hydroxylation is 1. The Morgan fingerprint density at radius 1 is 1.10 bits per heavy atom. The van der Waals surface area contributed by atoms with E-state index in [4.69, 9.17) is 37.7 Å². The lowest BCUT2D eigenvalue weighted by molar-refractivity contribution is -0.143. The van der Waals surface area contributed by atoms with Crippen LogP contribution in [0.2, 0.25) is 10.0 Å². The Morgan fingerprint density at radius 2 is 1.83 bits per heavy atom. The Balaban J connectivity index is 1.72. The monoisotopic (exact) mass is 687 g/mol. The summed E-state index contributed by atoms with van der Waals surface area (Å²) in [4.78, 5) is 32.8. The maximum atomic E-state index is 14.2. The van der Waals surface area contributed by atoms with Crippen LogP contribution in [0.3, 0.4) is 0 Å². The highest BCUT2D eigenvalue weighted by Gasteiger charge is 2.35. The van der Waals surface area contributed by atoms with Gasteiger partial charge in [-0.15, -0.1) is 0 Å². The van der Waals surface area contributed by atoms with E-state index >= 15 is 0 Å². The van der Waals surface area contributed by atoms with Gasteiger partial charge < -0.3 is 14.0 Å². The fourth-order valence-corrected chi connectivity index (χ4v) is 6.88. The number of methoxy groups -OCH3 is 1. The second kappa shape index (κ2) is 11.9. The molecular formula is C31H28BrCl2N3O4S. The summed E-state index contributed by atoms with van der Waals surface area (Å²) in [7, 11) is 1.56. The minimum atomic E-state index is -0.800. The van der Waals surface area contributed by atoms with Crippen molar-refractivity contribution < 1.29 is 14.3 Å². The van der Waals surface area contributed by atoms with Crippen molar-refractivity contribution in [3.63, 3.8) is 0 Å². The summed E-state index contributed by atoms with van der Waals surface area (Å²) in [6.07, 6.45) is 1.51. The Hall–Kier alpha value is -3.11. The number of rotatable bonds is 6. The third kappa shape index (κ3) is 5.51. The molecule has 1 atom stereocenters. The SMILES string of the molecule is COc1ccc(Br)cc1[C@H]1C(C(=O)OC(C)C)=C(C)N=c2s/c(=C\c3cc(C)n(-c4ccc(Cl)c(Cl)c4)c3C)c(=O)n21.